The van der Waals surface area contributed by atoms with Crippen LogP contribution in [-0.2, 0) is 11.2 Å². The van der Waals surface area contributed by atoms with Crippen molar-refractivity contribution in [3.05, 3.63) is 60.3 Å². The lowest BCUT2D eigenvalue weighted by atomic mass is 10.2. The van der Waals surface area contributed by atoms with Crippen LogP contribution in [0.1, 0.15) is 5.56 Å². The Labute approximate surface area is 85.5 Å². The van der Waals surface area contributed by atoms with Crippen molar-refractivity contribution in [3.8, 4) is 0 Å². The number of rotatable bonds is 4. The molecule has 0 aliphatic heterocycles. The zero-order chi connectivity index (χ0) is 11.1. The van der Waals surface area contributed by atoms with Crippen LogP contribution in [0.15, 0.2) is 54.8 Å². The SMILES string of the molecule is FC(F)=C(F)OC=CCc1ccccc1. The van der Waals surface area contributed by atoms with Crippen LogP contribution < -0.4 is 0 Å². The van der Waals surface area contributed by atoms with Crippen LogP contribution in [0.2, 0.25) is 0 Å². The first-order valence-electron chi connectivity index (χ1n) is 4.26. The minimum Gasteiger partial charge on any atom is -0.436 e. The number of allylic oxidation sites excluding steroid dienone is 1. The maximum atomic E-state index is 12.1. The Kier molecular flexibility index (Phi) is 4.47. The summed E-state index contributed by atoms with van der Waals surface area (Å²) in [5.41, 5.74) is 0.988. The summed E-state index contributed by atoms with van der Waals surface area (Å²) in [6.45, 7) is 0. The number of benzene rings is 1. The second-order valence-electron chi connectivity index (χ2n) is 2.71. The molecule has 0 fully saturated rings. The van der Waals surface area contributed by atoms with Crippen LogP contribution >= 0.6 is 0 Å². The van der Waals surface area contributed by atoms with Gasteiger partial charge < -0.3 is 4.74 Å². The molecular weight excluding hydrogens is 205 g/mol. The lowest BCUT2D eigenvalue weighted by molar-refractivity contribution is 0.200. The fourth-order valence-electron chi connectivity index (χ4n) is 0.951. The molecule has 15 heavy (non-hydrogen) atoms. The first-order chi connectivity index (χ1) is 7.20. The van der Waals surface area contributed by atoms with E-state index in [0.29, 0.717) is 6.42 Å². The van der Waals surface area contributed by atoms with Crippen molar-refractivity contribution in [1.82, 2.24) is 0 Å². The van der Waals surface area contributed by atoms with Gasteiger partial charge in [0.1, 0.15) is 0 Å². The van der Waals surface area contributed by atoms with Crippen molar-refractivity contribution in [2.75, 3.05) is 0 Å². The number of hydrogen-bond donors (Lipinski definition) is 0. The molecule has 0 aromatic heterocycles. The van der Waals surface area contributed by atoms with Gasteiger partial charge in [0.05, 0.1) is 6.26 Å². The summed E-state index contributed by atoms with van der Waals surface area (Å²) in [7, 11) is 0. The first-order valence-corrected chi connectivity index (χ1v) is 4.26. The molecule has 0 radical (unpaired) electrons. The van der Waals surface area contributed by atoms with Crippen LogP contribution in [0.25, 0.3) is 0 Å². The Morgan fingerprint density at radius 1 is 1.13 bits per heavy atom. The Morgan fingerprint density at radius 2 is 1.80 bits per heavy atom. The largest absolute Gasteiger partial charge is 0.436 e. The van der Waals surface area contributed by atoms with Gasteiger partial charge in [0.15, 0.2) is 0 Å². The van der Waals surface area contributed by atoms with Gasteiger partial charge in [0, 0.05) is 0 Å². The van der Waals surface area contributed by atoms with E-state index in [1.807, 2.05) is 30.3 Å². The molecule has 0 saturated carbocycles. The Balaban J connectivity index is 2.39. The van der Waals surface area contributed by atoms with Crippen molar-refractivity contribution in [2.45, 2.75) is 6.42 Å². The van der Waals surface area contributed by atoms with E-state index < -0.39 is 12.1 Å². The normalized spacial score (nSPS) is 10.3. The topological polar surface area (TPSA) is 9.23 Å². The highest BCUT2D eigenvalue weighted by Crippen LogP contribution is 2.10. The van der Waals surface area contributed by atoms with Crippen LogP contribution in [0.5, 0.6) is 0 Å². The Morgan fingerprint density at radius 3 is 2.40 bits per heavy atom. The first kappa shape index (κ1) is 11.4. The summed E-state index contributed by atoms with van der Waals surface area (Å²) in [4.78, 5) is 0. The molecule has 1 nitrogen and oxygen atoms in total. The van der Waals surface area contributed by atoms with Crippen molar-refractivity contribution >= 4 is 0 Å². The highest BCUT2D eigenvalue weighted by Gasteiger charge is 2.02. The second kappa shape index (κ2) is 5.90. The zero-order valence-electron chi connectivity index (χ0n) is 7.79. The molecule has 1 rings (SSSR count). The quantitative estimate of drug-likeness (QED) is 0.693. The highest BCUT2D eigenvalue weighted by molar-refractivity contribution is 5.17. The summed E-state index contributed by atoms with van der Waals surface area (Å²) in [6.07, 6.45) is 0.404. The Bertz CT molecular complexity index is 353. The van der Waals surface area contributed by atoms with Gasteiger partial charge in [-0.1, -0.05) is 30.3 Å². The molecule has 0 N–H and O–H groups in total. The fourth-order valence-corrected chi connectivity index (χ4v) is 0.951. The third-order valence-corrected chi connectivity index (χ3v) is 1.61. The van der Waals surface area contributed by atoms with Crippen molar-refractivity contribution in [1.29, 1.82) is 0 Å². The number of ether oxygens (including phenoxy) is 1. The molecular formula is C11H9F3O. The fraction of sp³-hybridized carbons (Fsp3) is 0.0909. The van der Waals surface area contributed by atoms with Gasteiger partial charge in [-0.15, -0.1) is 0 Å². The molecule has 0 aliphatic carbocycles. The molecule has 0 heterocycles. The summed E-state index contributed by atoms with van der Waals surface area (Å²) < 4.78 is 39.2. The van der Waals surface area contributed by atoms with Gasteiger partial charge in [-0.05, 0) is 18.1 Å². The van der Waals surface area contributed by atoms with E-state index >= 15 is 0 Å². The minimum atomic E-state index is -2.46. The molecule has 1 aromatic carbocycles. The van der Waals surface area contributed by atoms with Crippen LogP contribution in [0.4, 0.5) is 13.2 Å². The van der Waals surface area contributed by atoms with E-state index in [1.165, 1.54) is 6.08 Å². The van der Waals surface area contributed by atoms with Gasteiger partial charge in [-0.2, -0.15) is 13.2 Å². The lowest BCUT2D eigenvalue weighted by Crippen LogP contribution is -1.81. The predicted octanol–water partition coefficient (Wildman–Crippen LogP) is 3.79. The summed E-state index contributed by atoms with van der Waals surface area (Å²) in [5.74, 6) is 0. The zero-order valence-corrected chi connectivity index (χ0v) is 7.79. The van der Waals surface area contributed by atoms with E-state index in [2.05, 4.69) is 4.74 Å². The smallest absolute Gasteiger partial charge is 0.344 e. The maximum absolute atomic E-state index is 12.1. The molecule has 0 spiro atoms. The van der Waals surface area contributed by atoms with Crippen molar-refractivity contribution < 1.29 is 17.9 Å². The molecule has 0 unspecified atom stereocenters. The van der Waals surface area contributed by atoms with E-state index in [1.54, 1.807) is 0 Å². The third kappa shape index (κ3) is 4.35. The predicted molar refractivity (Wildman–Crippen MR) is 50.7 cm³/mol. The summed E-state index contributed by atoms with van der Waals surface area (Å²) >= 11 is 0. The molecule has 0 saturated heterocycles. The maximum Gasteiger partial charge on any atom is 0.344 e. The average molecular weight is 214 g/mol. The lowest BCUT2D eigenvalue weighted by Gasteiger charge is -1.95. The molecule has 0 amide bonds. The molecule has 1 aromatic rings. The molecule has 0 atom stereocenters. The van der Waals surface area contributed by atoms with Crippen molar-refractivity contribution in [2.24, 2.45) is 0 Å². The van der Waals surface area contributed by atoms with Crippen molar-refractivity contribution in [3.63, 3.8) is 0 Å². The highest BCUT2D eigenvalue weighted by atomic mass is 19.3. The number of halogens is 3. The van der Waals surface area contributed by atoms with Crippen LogP contribution in [0.3, 0.4) is 0 Å². The molecule has 0 aliphatic rings. The van der Waals surface area contributed by atoms with E-state index in [4.69, 9.17) is 0 Å². The second-order valence-corrected chi connectivity index (χ2v) is 2.71. The van der Waals surface area contributed by atoms with Crippen LogP contribution in [-0.4, -0.2) is 0 Å². The van der Waals surface area contributed by atoms with Gasteiger partial charge in [0.25, 0.3) is 0 Å². The number of hydrogen-bond acceptors (Lipinski definition) is 1. The minimum absolute atomic E-state index is 0.502. The van der Waals surface area contributed by atoms with E-state index in [9.17, 15) is 13.2 Å². The Hall–Kier alpha value is -1.71. The average Bonchev–Trinajstić information content (AvgIpc) is 2.25. The monoisotopic (exact) mass is 214 g/mol. The third-order valence-electron chi connectivity index (χ3n) is 1.61. The molecule has 4 heteroatoms. The van der Waals surface area contributed by atoms with Gasteiger partial charge >= 0.3 is 12.1 Å². The molecule has 80 valence electrons. The molecule has 0 bridgehead atoms. The van der Waals surface area contributed by atoms with Gasteiger partial charge in [-0.25, -0.2) is 0 Å². The van der Waals surface area contributed by atoms with E-state index in [-0.39, 0.29) is 0 Å². The summed E-state index contributed by atoms with van der Waals surface area (Å²) in [6, 6.07) is 7.44. The standard InChI is InChI=1S/C11H9F3O/c12-10(13)11(14)15-8-4-7-9-5-2-1-3-6-9/h1-6,8H,7H2. The van der Waals surface area contributed by atoms with E-state index in [0.717, 1.165) is 11.8 Å². The van der Waals surface area contributed by atoms with Gasteiger partial charge in [-0.3, -0.25) is 0 Å². The van der Waals surface area contributed by atoms with Gasteiger partial charge in [0.2, 0.25) is 0 Å². The summed E-state index contributed by atoms with van der Waals surface area (Å²) in [5, 5.41) is 0. The van der Waals surface area contributed by atoms with Crippen LogP contribution in [0, 0.1) is 0 Å².